The normalized spacial score (nSPS) is 17.9. The fourth-order valence-corrected chi connectivity index (χ4v) is 1.91. The van der Waals surface area contributed by atoms with Gasteiger partial charge in [-0.3, -0.25) is 4.68 Å². The fourth-order valence-electron chi connectivity index (χ4n) is 1.77. The van der Waals surface area contributed by atoms with E-state index in [0.717, 1.165) is 19.4 Å². The summed E-state index contributed by atoms with van der Waals surface area (Å²) in [6, 6.07) is 1.94. The predicted octanol–water partition coefficient (Wildman–Crippen LogP) is 0.721. The van der Waals surface area contributed by atoms with Crippen molar-refractivity contribution in [2.24, 2.45) is 0 Å². The van der Waals surface area contributed by atoms with Gasteiger partial charge in [0.2, 0.25) is 4.77 Å². The van der Waals surface area contributed by atoms with Crippen LogP contribution in [-0.4, -0.2) is 30.0 Å². The highest BCUT2D eigenvalue weighted by Crippen LogP contribution is 2.44. The molecule has 78 valence electrons. The van der Waals surface area contributed by atoms with Crippen molar-refractivity contribution in [3.05, 3.63) is 23.2 Å². The third-order valence-corrected chi connectivity index (χ3v) is 3.10. The molecule has 1 aliphatic carbocycles. The summed E-state index contributed by atoms with van der Waals surface area (Å²) in [7, 11) is 0. The lowest BCUT2D eigenvalue weighted by atomic mass is 10.3. The Morgan fingerprint density at radius 1 is 1.53 bits per heavy atom. The zero-order chi connectivity index (χ0) is 10.3. The van der Waals surface area contributed by atoms with E-state index in [1.54, 1.807) is 10.9 Å². The molecule has 1 aliphatic rings. The smallest absolute Gasteiger partial charge is 0.238 e. The topological polar surface area (TPSA) is 64.3 Å². The summed E-state index contributed by atoms with van der Waals surface area (Å²) in [5.74, 6) is 0. The first-order valence-electron chi connectivity index (χ1n) is 4.78. The van der Waals surface area contributed by atoms with Crippen LogP contribution in [0, 0.1) is 4.77 Å². The number of hydrogen-bond acceptors (Lipinski definition) is 4. The van der Waals surface area contributed by atoms with Crippen molar-refractivity contribution in [1.29, 1.82) is 0 Å². The van der Waals surface area contributed by atoms with Gasteiger partial charge in [0.15, 0.2) is 0 Å². The highest BCUT2D eigenvalue weighted by Gasteiger charge is 2.46. The van der Waals surface area contributed by atoms with E-state index in [4.69, 9.17) is 12.2 Å². The van der Waals surface area contributed by atoms with Gasteiger partial charge in [0, 0.05) is 12.4 Å². The number of aromatic amines is 1. The molecule has 0 unspecified atom stereocenters. The van der Waals surface area contributed by atoms with E-state index in [2.05, 4.69) is 20.6 Å². The number of hydrogen-bond donors (Lipinski definition) is 1. The number of H-pyrrole nitrogens is 1. The van der Waals surface area contributed by atoms with E-state index in [1.165, 1.54) is 0 Å². The Kier molecular flexibility index (Phi) is 1.75. The van der Waals surface area contributed by atoms with Gasteiger partial charge in [-0.1, -0.05) is 10.3 Å². The highest BCUT2D eigenvalue weighted by molar-refractivity contribution is 7.71. The maximum Gasteiger partial charge on any atom is 0.238 e. The molecule has 0 aromatic carbocycles. The molecule has 0 aliphatic heterocycles. The maximum absolute atomic E-state index is 5.04. The van der Waals surface area contributed by atoms with E-state index in [0.29, 0.717) is 4.77 Å². The van der Waals surface area contributed by atoms with E-state index in [-0.39, 0.29) is 5.54 Å². The quantitative estimate of drug-likeness (QED) is 0.777. The standard InChI is InChI=1S/C8H10N6S/c15-7-10-11-12-13(7)6-8(2-3-8)14-5-1-4-9-14/h1,4-5H,2-3,6H2,(H,10,12,15). The molecule has 1 N–H and O–H groups in total. The van der Waals surface area contributed by atoms with Gasteiger partial charge in [0.1, 0.15) is 0 Å². The van der Waals surface area contributed by atoms with Crippen LogP contribution in [0.3, 0.4) is 0 Å². The fraction of sp³-hybridized carbons (Fsp3) is 0.500. The zero-order valence-corrected chi connectivity index (χ0v) is 8.81. The second kappa shape index (κ2) is 2.99. The SMILES string of the molecule is S=c1nn[nH]n1CC1(n2cccn2)CC1. The summed E-state index contributed by atoms with van der Waals surface area (Å²) >= 11 is 5.04. The van der Waals surface area contributed by atoms with Crippen LogP contribution in [0.5, 0.6) is 0 Å². The minimum Gasteiger partial charge on any atom is -0.265 e. The summed E-state index contributed by atoms with van der Waals surface area (Å²) in [4.78, 5) is 0. The van der Waals surface area contributed by atoms with Gasteiger partial charge >= 0.3 is 0 Å². The first kappa shape index (κ1) is 8.78. The second-order valence-corrected chi connectivity index (χ2v) is 4.21. The van der Waals surface area contributed by atoms with E-state index in [9.17, 15) is 0 Å². The van der Waals surface area contributed by atoms with Crippen LogP contribution in [0.25, 0.3) is 0 Å². The molecular formula is C8H10N6S. The second-order valence-electron chi connectivity index (χ2n) is 3.84. The Morgan fingerprint density at radius 2 is 2.40 bits per heavy atom. The van der Waals surface area contributed by atoms with Crippen LogP contribution >= 0.6 is 12.2 Å². The van der Waals surface area contributed by atoms with Crippen molar-refractivity contribution in [2.75, 3.05) is 0 Å². The van der Waals surface area contributed by atoms with Crippen molar-refractivity contribution in [3.8, 4) is 0 Å². The number of rotatable bonds is 3. The zero-order valence-electron chi connectivity index (χ0n) is 8.00. The maximum atomic E-state index is 5.04. The Morgan fingerprint density at radius 3 is 2.93 bits per heavy atom. The molecule has 3 rings (SSSR count). The van der Waals surface area contributed by atoms with Crippen LogP contribution in [0.4, 0.5) is 0 Å². The van der Waals surface area contributed by atoms with E-state index < -0.39 is 0 Å². The van der Waals surface area contributed by atoms with Crippen LogP contribution in [-0.2, 0) is 12.1 Å². The molecule has 0 atom stereocenters. The number of nitrogens with one attached hydrogen (secondary N) is 1. The van der Waals surface area contributed by atoms with Gasteiger partial charge in [0.25, 0.3) is 0 Å². The van der Waals surface area contributed by atoms with E-state index >= 15 is 0 Å². The highest BCUT2D eigenvalue weighted by atomic mass is 32.1. The van der Waals surface area contributed by atoms with Crippen molar-refractivity contribution in [2.45, 2.75) is 24.9 Å². The van der Waals surface area contributed by atoms with Gasteiger partial charge in [-0.2, -0.15) is 10.3 Å². The van der Waals surface area contributed by atoms with Crippen LogP contribution in [0.2, 0.25) is 0 Å². The largest absolute Gasteiger partial charge is 0.265 e. The molecule has 1 saturated carbocycles. The number of tetrazole rings is 1. The molecule has 2 heterocycles. The van der Waals surface area contributed by atoms with Gasteiger partial charge in [-0.05, 0) is 31.1 Å². The van der Waals surface area contributed by atoms with Gasteiger partial charge < -0.3 is 0 Å². The van der Waals surface area contributed by atoms with Gasteiger partial charge in [0.05, 0.1) is 12.1 Å². The molecule has 0 spiro atoms. The first-order chi connectivity index (χ1) is 7.30. The summed E-state index contributed by atoms with van der Waals surface area (Å²) < 4.78 is 4.27. The van der Waals surface area contributed by atoms with Crippen molar-refractivity contribution >= 4 is 12.2 Å². The summed E-state index contributed by atoms with van der Waals surface area (Å²) in [5, 5.41) is 14.5. The lowest BCUT2D eigenvalue weighted by molar-refractivity contribution is 0.348. The van der Waals surface area contributed by atoms with Gasteiger partial charge in [-0.15, -0.1) is 0 Å². The first-order valence-corrected chi connectivity index (χ1v) is 5.19. The lowest BCUT2D eigenvalue weighted by Gasteiger charge is -2.15. The minimum absolute atomic E-state index is 0.0793. The third-order valence-electron chi connectivity index (χ3n) is 2.80. The van der Waals surface area contributed by atoms with E-state index in [1.807, 2.05) is 16.9 Å². The molecule has 7 heteroatoms. The molecule has 0 bridgehead atoms. The Balaban J connectivity index is 1.90. The molecule has 2 aromatic heterocycles. The molecule has 6 nitrogen and oxygen atoms in total. The minimum atomic E-state index is 0.0793. The third kappa shape index (κ3) is 1.39. The summed E-state index contributed by atoms with van der Waals surface area (Å²) in [6.07, 6.45) is 6.02. The van der Waals surface area contributed by atoms with Crippen molar-refractivity contribution < 1.29 is 0 Å². The Labute approximate surface area is 90.9 Å². The molecular weight excluding hydrogens is 212 g/mol. The molecule has 0 amide bonds. The number of aromatic nitrogens is 6. The van der Waals surface area contributed by atoms with Crippen LogP contribution in [0.15, 0.2) is 18.5 Å². The molecule has 1 fully saturated rings. The summed E-state index contributed by atoms with van der Waals surface area (Å²) in [5.41, 5.74) is 0.0793. The molecule has 15 heavy (non-hydrogen) atoms. The lowest BCUT2D eigenvalue weighted by Crippen LogP contribution is -2.24. The van der Waals surface area contributed by atoms with Gasteiger partial charge in [-0.25, -0.2) is 4.68 Å². The Bertz CT molecular complexity index is 505. The van der Waals surface area contributed by atoms with Crippen molar-refractivity contribution in [1.82, 2.24) is 30.0 Å². The average molecular weight is 222 g/mol. The molecule has 0 saturated heterocycles. The Hall–Kier alpha value is -1.50. The average Bonchev–Trinajstić information content (AvgIpc) is 2.67. The van der Waals surface area contributed by atoms with Crippen molar-refractivity contribution in [3.63, 3.8) is 0 Å². The molecule has 2 aromatic rings. The monoisotopic (exact) mass is 222 g/mol. The van der Waals surface area contributed by atoms with Crippen LogP contribution < -0.4 is 0 Å². The summed E-state index contributed by atoms with van der Waals surface area (Å²) in [6.45, 7) is 0.764. The molecule has 0 radical (unpaired) electrons. The number of nitrogens with zero attached hydrogens (tertiary/aromatic N) is 5. The predicted molar refractivity (Wildman–Crippen MR) is 54.6 cm³/mol. The van der Waals surface area contributed by atoms with Crippen LogP contribution in [0.1, 0.15) is 12.8 Å².